The average Bonchev–Trinajstić information content (AvgIpc) is 2.69. The third kappa shape index (κ3) is 4.34. The molecule has 0 spiro atoms. The number of rotatable bonds is 6. The highest BCUT2D eigenvalue weighted by Gasteiger charge is 2.44. The number of aliphatic hydroxyl groups is 4. The van der Waals surface area contributed by atoms with Crippen LogP contribution >= 0.6 is 0 Å². The molecular formula is C21H25FO6. The number of hydrogen-bond donors (Lipinski definition) is 4. The summed E-state index contributed by atoms with van der Waals surface area (Å²) in [5, 5.41) is 39.2. The summed E-state index contributed by atoms with van der Waals surface area (Å²) in [6.45, 7) is 1.52. The molecule has 0 bridgehead atoms. The van der Waals surface area contributed by atoms with E-state index in [4.69, 9.17) is 9.47 Å². The van der Waals surface area contributed by atoms with Crippen molar-refractivity contribution in [3.8, 4) is 16.9 Å². The van der Waals surface area contributed by atoms with Gasteiger partial charge in [-0.1, -0.05) is 31.5 Å². The number of aryl methyl sites for hydroxylation is 1. The first-order chi connectivity index (χ1) is 13.4. The Morgan fingerprint density at radius 3 is 2.50 bits per heavy atom. The molecule has 28 heavy (non-hydrogen) atoms. The minimum absolute atomic E-state index is 0.347. The molecule has 152 valence electrons. The summed E-state index contributed by atoms with van der Waals surface area (Å²) >= 11 is 0. The molecule has 2 aromatic carbocycles. The topological polar surface area (TPSA) is 99.4 Å². The first-order valence-electron chi connectivity index (χ1n) is 9.30. The second-order valence-corrected chi connectivity index (χ2v) is 6.89. The van der Waals surface area contributed by atoms with Crippen LogP contribution in [0.15, 0.2) is 42.5 Å². The Balaban J connectivity index is 1.89. The van der Waals surface area contributed by atoms with Gasteiger partial charge in [-0.3, -0.25) is 0 Å². The molecule has 4 N–H and O–H groups in total. The van der Waals surface area contributed by atoms with Crippen LogP contribution < -0.4 is 4.74 Å². The Bertz CT molecular complexity index is 796. The lowest BCUT2D eigenvalue weighted by Crippen LogP contribution is -2.60. The zero-order chi connectivity index (χ0) is 20.3. The van der Waals surface area contributed by atoms with E-state index in [1.165, 1.54) is 12.1 Å². The van der Waals surface area contributed by atoms with Crippen molar-refractivity contribution < 1.29 is 34.3 Å². The van der Waals surface area contributed by atoms with Crippen LogP contribution in [0.5, 0.6) is 5.75 Å². The monoisotopic (exact) mass is 392 g/mol. The first-order valence-corrected chi connectivity index (χ1v) is 9.30. The van der Waals surface area contributed by atoms with E-state index >= 15 is 0 Å². The van der Waals surface area contributed by atoms with E-state index in [1.54, 1.807) is 24.3 Å². The molecule has 1 aliphatic rings. The maximum Gasteiger partial charge on any atom is 0.229 e. The quantitative estimate of drug-likeness (QED) is 0.596. The summed E-state index contributed by atoms with van der Waals surface area (Å²) in [5.74, 6) is 0.00338. The predicted molar refractivity (Wildman–Crippen MR) is 100 cm³/mol. The van der Waals surface area contributed by atoms with Gasteiger partial charge in [0, 0.05) is 0 Å². The Morgan fingerprint density at radius 1 is 1.04 bits per heavy atom. The van der Waals surface area contributed by atoms with E-state index in [0.717, 1.165) is 24.0 Å². The number of benzene rings is 2. The van der Waals surface area contributed by atoms with Gasteiger partial charge in [0.2, 0.25) is 6.29 Å². The van der Waals surface area contributed by atoms with E-state index in [-0.39, 0.29) is 5.82 Å². The third-order valence-electron chi connectivity index (χ3n) is 4.84. The van der Waals surface area contributed by atoms with Gasteiger partial charge in [0.05, 0.1) is 6.61 Å². The summed E-state index contributed by atoms with van der Waals surface area (Å²) in [6, 6.07) is 11.5. The lowest BCUT2D eigenvalue weighted by molar-refractivity contribution is -0.277. The van der Waals surface area contributed by atoms with E-state index in [0.29, 0.717) is 11.3 Å². The van der Waals surface area contributed by atoms with Crippen LogP contribution in [0.1, 0.15) is 18.9 Å². The van der Waals surface area contributed by atoms with Crippen LogP contribution in [0.3, 0.4) is 0 Å². The van der Waals surface area contributed by atoms with Crippen molar-refractivity contribution in [2.75, 3.05) is 6.61 Å². The average molecular weight is 392 g/mol. The maximum absolute atomic E-state index is 13.7. The van der Waals surface area contributed by atoms with E-state index < -0.39 is 37.3 Å². The second kappa shape index (κ2) is 8.98. The molecular weight excluding hydrogens is 367 g/mol. The highest BCUT2D eigenvalue weighted by atomic mass is 19.1. The SMILES string of the molecule is CCCc1ccc(O[C@H]2O[C@H](CO)[C@@H](O)[C@H](O)[C@@H]2O)cc1-c1cccc(F)c1. The molecule has 0 aliphatic carbocycles. The minimum Gasteiger partial charge on any atom is -0.462 e. The molecule has 1 fully saturated rings. The molecule has 0 radical (unpaired) electrons. The number of ether oxygens (including phenoxy) is 2. The highest BCUT2D eigenvalue weighted by molar-refractivity contribution is 5.69. The lowest BCUT2D eigenvalue weighted by atomic mass is 9.96. The van der Waals surface area contributed by atoms with Gasteiger partial charge >= 0.3 is 0 Å². The summed E-state index contributed by atoms with van der Waals surface area (Å²) in [5.41, 5.74) is 2.51. The fourth-order valence-electron chi connectivity index (χ4n) is 3.34. The molecule has 7 heteroatoms. The Morgan fingerprint density at radius 2 is 1.82 bits per heavy atom. The van der Waals surface area contributed by atoms with Gasteiger partial charge in [0.1, 0.15) is 36.0 Å². The molecule has 1 aliphatic heterocycles. The molecule has 0 amide bonds. The Labute approximate surface area is 162 Å². The molecule has 6 nitrogen and oxygen atoms in total. The lowest BCUT2D eigenvalue weighted by Gasteiger charge is -2.39. The van der Waals surface area contributed by atoms with Crippen LogP contribution in [0.4, 0.5) is 4.39 Å². The molecule has 5 atom stereocenters. The summed E-state index contributed by atoms with van der Waals surface area (Å²) in [6.07, 6.45) is -5.07. The van der Waals surface area contributed by atoms with E-state index in [2.05, 4.69) is 0 Å². The highest BCUT2D eigenvalue weighted by Crippen LogP contribution is 2.31. The van der Waals surface area contributed by atoms with Crippen molar-refractivity contribution in [3.63, 3.8) is 0 Å². The van der Waals surface area contributed by atoms with Crippen molar-refractivity contribution in [2.45, 2.75) is 50.5 Å². The predicted octanol–water partition coefficient (Wildman–Crippen LogP) is 1.62. The smallest absolute Gasteiger partial charge is 0.229 e. The Hall–Kier alpha value is -2.03. The third-order valence-corrected chi connectivity index (χ3v) is 4.84. The molecule has 1 heterocycles. The van der Waals surface area contributed by atoms with Crippen LogP contribution in [0, 0.1) is 5.82 Å². The summed E-state index contributed by atoms with van der Waals surface area (Å²) in [4.78, 5) is 0. The largest absolute Gasteiger partial charge is 0.462 e. The van der Waals surface area contributed by atoms with Gasteiger partial charge in [0.15, 0.2) is 0 Å². The fourth-order valence-corrected chi connectivity index (χ4v) is 3.34. The van der Waals surface area contributed by atoms with Gasteiger partial charge in [-0.25, -0.2) is 4.39 Å². The fraction of sp³-hybridized carbons (Fsp3) is 0.429. The molecule has 2 aromatic rings. The zero-order valence-electron chi connectivity index (χ0n) is 15.5. The van der Waals surface area contributed by atoms with Crippen LogP contribution in [-0.2, 0) is 11.2 Å². The van der Waals surface area contributed by atoms with Gasteiger partial charge in [-0.2, -0.15) is 0 Å². The molecule has 0 saturated carbocycles. The van der Waals surface area contributed by atoms with Gasteiger partial charge in [-0.05, 0) is 47.4 Å². The first kappa shape index (κ1) is 20.7. The molecule has 0 aromatic heterocycles. The Kier molecular flexibility index (Phi) is 6.64. The number of aliphatic hydroxyl groups excluding tert-OH is 4. The van der Waals surface area contributed by atoms with E-state index in [9.17, 15) is 24.8 Å². The van der Waals surface area contributed by atoms with Gasteiger partial charge in [0.25, 0.3) is 0 Å². The van der Waals surface area contributed by atoms with Crippen LogP contribution in [0.2, 0.25) is 0 Å². The molecule has 1 saturated heterocycles. The molecule has 3 rings (SSSR count). The van der Waals surface area contributed by atoms with Crippen molar-refractivity contribution in [1.82, 2.24) is 0 Å². The standard InChI is InChI=1S/C21H25FO6/c1-2-4-12-7-8-15(10-16(12)13-5-3-6-14(22)9-13)27-21-20(26)19(25)18(24)17(11-23)28-21/h3,5-10,17-21,23-26H,2,4,11H2,1H3/t17-,18-,19+,20+,21+/m1/s1. The maximum atomic E-state index is 13.7. The zero-order valence-corrected chi connectivity index (χ0v) is 15.5. The van der Waals surface area contributed by atoms with Crippen molar-refractivity contribution in [1.29, 1.82) is 0 Å². The number of halogens is 1. The van der Waals surface area contributed by atoms with Crippen molar-refractivity contribution >= 4 is 0 Å². The number of hydrogen-bond acceptors (Lipinski definition) is 6. The van der Waals surface area contributed by atoms with Gasteiger partial charge in [-0.15, -0.1) is 0 Å². The molecule has 0 unspecified atom stereocenters. The second-order valence-electron chi connectivity index (χ2n) is 6.89. The van der Waals surface area contributed by atoms with E-state index in [1.807, 2.05) is 13.0 Å². The van der Waals surface area contributed by atoms with Gasteiger partial charge < -0.3 is 29.9 Å². The normalized spacial score (nSPS) is 27.6. The van der Waals surface area contributed by atoms with Crippen LogP contribution in [0.25, 0.3) is 11.1 Å². The van der Waals surface area contributed by atoms with Crippen LogP contribution in [-0.4, -0.2) is 57.7 Å². The summed E-state index contributed by atoms with van der Waals surface area (Å²) < 4.78 is 24.8. The summed E-state index contributed by atoms with van der Waals surface area (Å²) in [7, 11) is 0. The van der Waals surface area contributed by atoms with Crippen molar-refractivity contribution in [2.24, 2.45) is 0 Å². The minimum atomic E-state index is -1.52. The van der Waals surface area contributed by atoms with Crippen molar-refractivity contribution in [3.05, 3.63) is 53.8 Å².